The standard InChI is InChI=1S/C14H16N4O4/c1-9(19)8-15-13(21)14-17-11(18-22-14)7-12(20)16-10-5-3-2-4-6-10/h2-6,9,19H,7-8H2,1H3,(H,15,21)(H,16,20)/t9-/m1/s1. The van der Waals surface area contributed by atoms with Gasteiger partial charge >= 0.3 is 11.8 Å². The van der Waals surface area contributed by atoms with Gasteiger partial charge in [0.15, 0.2) is 5.82 Å². The SMILES string of the molecule is C[C@@H](O)CNC(=O)c1nc(CC(=O)Nc2ccccc2)no1. The van der Waals surface area contributed by atoms with Crippen LogP contribution in [0.1, 0.15) is 23.4 Å². The summed E-state index contributed by atoms with van der Waals surface area (Å²) in [6, 6.07) is 8.95. The van der Waals surface area contributed by atoms with Gasteiger partial charge in [0.1, 0.15) is 0 Å². The van der Waals surface area contributed by atoms with Gasteiger partial charge in [0.2, 0.25) is 5.91 Å². The third kappa shape index (κ3) is 4.67. The molecule has 0 radical (unpaired) electrons. The van der Waals surface area contributed by atoms with Gasteiger partial charge in [-0.2, -0.15) is 4.98 Å². The number of nitrogens with one attached hydrogen (secondary N) is 2. The lowest BCUT2D eigenvalue weighted by Crippen LogP contribution is -2.30. The van der Waals surface area contributed by atoms with Crippen molar-refractivity contribution in [3.63, 3.8) is 0 Å². The van der Waals surface area contributed by atoms with E-state index in [4.69, 9.17) is 9.63 Å². The Morgan fingerprint density at radius 3 is 2.73 bits per heavy atom. The molecule has 1 heterocycles. The van der Waals surface area contributed by atoms with Crippen LogP contribution in [0, 0.1) is 0 Å². The monoisotopic (exact) mass is 304 g/mol. The Balaban J connectivity index is 1.89. The Bertz CT molecular complexity index is 639. The lowest BCUT2D eigenvalue weighted by molar-refractivity contribution is -0.115. The molecule has 0 spiro atoms. The first-order valence-electron chi connectivity index (χ1n) is 6.68. The van der Waals surface area contributed by atoms with E-state index in [0.717, 1.165) is 0 Å². The van der Waals surface area contributed by atoms with Gasteiger partial charge in [0.25, 0.3) is 0 Å². The summed E-state index contributed by atoms with van der Waals surface area (Å²) >= 11 is 0. The van der Waals surface area contributed by atoms with Crippen molar-refractivity contribution in [2.45, 2.75) is 19.4 Å². The Morgan fingerprint density at radius 2 is 2.05 bits per heavy atom. The van der Waals surface area contributed by atoms with Crippen LogP contribution >= 0.6 is 0 Å². The molecule has 1 atom stereocenters. The van der Waals surface area contributed by atoms with Crippen molar-refractivity contribution in [2.24, 2.45) is 0 Å². The number of carbonyl (C=O) groups excluding carboxylic acids is 2. The summed E-state index contributed by atoms with van der Waals surface area (Å²) in [6.45, 7) is 1.61. The van der Waals surface area contributed by atoms with Crippen molar-refractivity contribution >= 4 is 17.5 Å². The van der Waals surface area contributed by atoms with Gasteiger partial charge in [-0.25, -0.2) is 0 Å². The Morgan fingerprint density at radius 1 is 1.32 bits per heavy atom. The van der Waals surface area contributed by atoms with Gasteiger partial charge in [0, 0.05) is 12.2 Å². The molecule has 2 aromatic rings. The largest absolute Gasteiger partial charge is 0.392 e. The average Bonchev–Trinajstić information content (AvgIpc) is 2.94. The molecule has 0 aliphatic heterocycles. The van der Waals surface area contributed by atoms with Crippen LogP contribution in [-0.4, -0.2) is 39.7 Å². The van der Waals surface area contributed by atoms with Crippen molar-refractivity contribution in [3.05, 3.63) is 42.0 Å². The maximum absolute atomic E-state index is 11.8. The van der Waals surface area contributed by atoms with Gasteiger partial charge in [-0.15, -0.1) is 0 Å². The van der Waals surface area contributed by atoms with Crippen molar-refractivity contribution in [3.8, 4) is 0 Å². The topological polar surface area (TPSA) is 117 Å². The number of benzene rings is 1. The van der Waals surface area contributed by atoms with Crippen LogP contribution in [0.25, 0.3) is 0 Å². The molecule has 0 unspecified atom stereocenters. The first-order chi connectivity index (χ1) is 10.5. The number of aromatic nitrogens is 2. The number of hydrogen-bond donors (Lipinski definition) is 3. The van der Waals surface area contributed by atoms with Crippen molar-refractivity contribution < 1.29 is 19.2 Å². The molecule has 2 amide bonds. The minimum Gasteiger partial charge on any atom is -0.392 e. The molecule has 2 rings (SSSR count). The van der Waals surface area contributed by atoms with E-state index in [2.05, 4.69) is 20.8 Å². The third-order valence-corrected chi connectivity index (χ3v) is 2.60. The Hall–Kier alpha value is -2.74. The molecule has 0 saturated heterocycles. The maximum Gasteiger partial charge on any atom is 0.315 e. The molecule has 3 N–H and O–H groups in total. The number of amides is 2. The molecule has 0 fully saturated rings. The highest BCUT2D eigenvalue weighted by atomic mass is 16.5. The number of aliphatic hydroxyl groups is 1. The van der Waals surface area contributed by atoms with E-state index in [9.17, 15) is 9.59 Å². The van der Waals surface area contributed by atoms with Gasteiger partial charge in [-0.3, -0.25) is 9.59 Å². The van der Waals surface area contributed by atoms with E-state index in [0.29, 0.717) is 5.69 Å². The van der Waals surface area contributed by atoms with Crippen molar-refractivity contribution in [2.75, 3.05) is 11.9 Å². The maximum atomic E-state index is 11.8. The van der Waals surface area contributed by atoms with E-state index in [1.165, 1.54) is 6.92 Å². The summed E-state index contributed by atoms with van der Waals surface area (Å²) in [5.74, 6) is -1.05. The highest BCUT2D eigenvalue weighted by molar-refractivity contribution is 5.92. The average molecular weight is 304 g/mol. The molecule has 0 aliphatic carbocycles. The molecule has 22 heavy (non-hydrogen) atoms. The molecule has 8 nitrogen and oxygen atoms in total. The van der Waals surface area contributed by atoms with E-state index in [1.54, 1.807) is 24.3 Å². The summed E-state index contributed by atoms with van der Waals surface area (Å²) in [5.41, 5.74) is 0.658. The molecule has 1 aromatic carbocycles. The number of nitrogens with zero attached hydrogens (tertiary/aromatic N) is 2. The van der Waals surface area contributed by atoms with Gasteiger partial charge in [-0.1, -0.05) is 23.4 Å². The number of rotatable bonds is 6. The number of anilines is 1. The van der Waals surface area contributed by atoms with E-state index in [-0.39, 0.29) is 30.6 Å². The summed E-state index contributed by atoms with van der Waals surface area (Å²) in [4.78, 5) is 27.3. The number of hydrogen-bond acceptors (Lipinski definition) is 6. The zero-order chi connectivity index (χ0) is 15.9. The van der Waals surface area contributed by atoms with Gasteiger partial charge < -0.3 is 20.3 Å². The lowest BCUT2D eigenvalue weighted by Gasteiger charge is -2.03. The van der Waals surface area contributed by atoms with Gasteiger partial charge in [0.05, 0.1) is 12.5 Å². The van der Waals surface area contributed by atoms with E-state index < -0.39 is 12.0 Å². The van der Waals surface area contributed by atoms with Crippen LogP contribution in [0.3, 0.4) is 0 Å². The molecule has 0 saturated carbocycles. The molecule has 0 aliphatic rings. The lowest BCUT2D eigenvalue weighted by atomic mass is 10.3. The molecular formula is C14H16N4O4. The molecule has 116 valence electrons. The normalized spacial score (nSPS) is 11.7. The predicted molar refractivity (Wildman–Crippen MR) is 77.1 cm³/mol. The van der Waals surface area contributed by atoms with Crippen LogP contribution in [0.2, 0.25) is 0 Å². The van der Waals surface area contributed by atoms with Crippen LogP contribution in [-0.2, 0) is 11.2 Å². The fourth-order valence-electron chi connectivity index (χ4n) is 1.60. The first-order valence-corrected chi connectivity index (χ1v) is 6.68. The second-order valence-electron chi connectivity index (χ2n) is 4.67. The van der Waals surface area contributed by atoms with E-state index >= 15 is 0 Å². The molecular weight excluding hydrogens is 288 g/mol. The van der Waals surface area contributed by atoms with Crippen LogP contribution < -0.4 is 10.6 Å². The fraction of sp³-hybridized carbons (Fsp3) is 0.286. The van der Waals surface area contributed by atoms with Crippen molar-refractivity contribution in [1.82, 2.24) is 15.5 Å². The summed E-state index contributed by atoms with van der Waals surface area (Å²) in [6.07, 6.45) is -0.787. The number of para-hydroxylation sites is 1. The van der Waals surface area contributed by atoms with Crippen LogP contribution in [0.4, 0.5) is 5.69 Å². The Kier molecular flexibility index (Phi) is 5.21. The minimum atomic E-state index is -0.678. The summed E-state index contributed by atoms with van der Waals surface area (Å²) < 4.78 is 4.78. The number of carbonyl (C=O) groups is 2. The fourth-order valence-corrected chi connectivity index (χ4v) is 1.60. The summed E-state index contributed by atoms with van der Waals surface area (Å²) in [7, 11) is 0. The van der Waals surface area contributed by atoms with Gasteiger partial charge in [-0.05, 0) is 19.1 Å². The molecule has 8 heteroatoms. The number of aliphatic hydroxyl groups excluding tert-OH is 1. The highest BCUT2D eigenvalue weighted by Gasteiger charge is 2.17. The molecule has 1 aromatic heterocycles. The second-order valence-corrected chi connectivity index (χ2v) is 4.67. The Labute approximate surface area is 126 Å². The first kappa shape index (κ1) is 15.6. The van der Waals surface area contributed by atoms with Crippen LogP contribution in [0.5, 0.6) is 0 Å². The highest BCUT2D eigenvalue weighted by Crippen LogP contribution is 2.06. The predicted octanol–water partition coefficient (Wildman–Crippen LogP) is 0.361. The zero-order valence-electron chi connectivity index (χ0n) is 11.9. The summed E-state index contributed by atoms with van der Waals surface area (Å²) in [5, 5.41) is 17.7. The smallest absolute Gasteiger partial charge is 0.315 e. The quantitative estimate of drug-likeness (QED) is 0.709. The third-order valence-electron chi connectivity index (χ3n) is 2.60. The molecule has 0 bridgehead atoms. The van der Waals surface area contributed by atoms with Crippen LogP contribution in [0.15, 0.2) is 34.9 Å². The second kappa shape index (κ2) is 7.32. The van der Waals surface area contributed by atoms with Crippen molar-refractivity contribution in [1.29, 1.82) is 0 Å². The van der Waals surface area contributed by atoms with E-state index in [1.807, 2.05) is 6.07 Å². The zero-order valence-corrected chi connectivity index (χ0v) is 11.9. The minimum absolute atomic E-state index is 0.0744.